The third-order valence-electron chi connectivity index (χ3n) is 4.68. The monoisotopic (exact) mass is 344 g/mol. The molecule has 1 atom stereocenters. The standard InChI is InChI=1S/C19H24N2O2S/c1-4-16-10-12-17(13-11-16)24(22,23)21-14-15(3)20(5-2)18-8-6-7-9-19(18)21/h6-13,15H,4-5,14H2,1-3H3. The number of fused-ring (bicyclic) bond motifs is 1. The molecule has 0 saturated carbocycles. The Balaban J connectivity index is 2.07. The van der Waals surface area contributed by atoms with Crippen LogP contribution in [0.15, 0.2) is 53.4 Å². The third kappa shape index (κ3) is 2.77. The van der Waals surface area contributed by atoms with Gasteiger partial charge in [0.25, 0.3) is 10.0 Å². The average Bonchev–Trinajstić information content (AvgIpc) is 2.61. The Morgan fingerprint density at radius 1 is 1.00 bits per heavy atom. The van der Waals surface area contributed by atoms with Crippen LogP contribution in [0.5, 0.6) is 0 Å². The molecular weight excluding hydrogens is 320 g/mol. The molecular formula is C19H24N2O2S. The van der Waals surface area contributed by atoms with E-state index in [1.54, 1.807) is 16.4 Å². The van der Waals surface area contributed by atoms with Crippen LogP contribution in [0.25, 0.3) is 0 Å². The minimum absolute atomic E-state index is 0.134. The van der Waals surface area contributed by atoms with Gasteiger partial charge < -0.3 is 4.90 Å². The number of rotatable bonds is 4. The van der Waals surface area contributed by atoms with E-state index in [4.69, 9.17) is 0 Å². The van der Waals surface area contributed by atoms with Gasteiger partial charge in [-0.1, -0.05) is 31.2 Å². The summed E-state index contributed by atoms with van der Waals surface area (Å²) in [6.45, 7) is 7.55. The Labute approximate surface area is 144 Å². The molecule has 0 bridgehead atoms. The Kier molecular flexibility index (Phi) is 4.54. The summed E-state index contributed by atoms with van der Waals surface area (Å²) in [6.07, 6.45) is 0.898. The molecule has 0 N–H and O–H groups in total. The van der Waals surface area contributed by atoms with Crippen molar-refractivity contribution in [2.75, 3.05) is 22.3 Å². The number of likely N-dealkylation sites (N-methyl/N-ethyl adjacent to an activating group) is 1. The van der Waals surface area contributed by atoms with Gasteiger partial charge in [0.1, 0.15) is 0 Å². The molecule has 0 fully saturated rings. The zero-order valence-corrected chi connectivity index (χ0v) is 15.3. The number of sulfonamides is 1. The lowest BCUT2D eigenvalue weighted by atomic mass is 10.1. The molecule has 1 unspecified atom stereocenters. The molecule has 5 heteroatoms. The maximum absolute atomic E-state index is 13.2. The van der Waals surface area contributed by atoms with Gasteiger partial charge in [-0.2, -0.15) is 0 Å². The van der Waals surface area contributed by atoms with E-state index < -0.39 is 10.0 Å². The van der Waals surface area contributed by atoms with Crippen molar-refractivity contribution in [1.82, 2.24) is 0 Å². The van der Waals surface area contributed by atoms with Crippen LogP contribution in [0.4, 0.5) is 11.4 Å². The van der Waals surface area contributed by atoms with Gasteiger partial charge in [0.2, 0.25) is 0 Å². The fourth-order valence-electron chi connectivity index (χ4n) is 3.33. The van der Waals surface area contributed by atoms with E-state index in [-0.39, 0.29) is 6.04 Å². The van der Waals surface area contributed by atoms with E-state index in [0.717, 1.165) is 29.9 Å². The fourth-order valence-corrected chi connectivity index (χ4v) is 4.89. The van der Waals surface area contributed by atoms with Crippen LogP contribution in [0.2, 0.25) is 0 Å². The smallest absolute Gasteiger partial charge is 0.264 e. The van der Waals surface area contributed by atoms with Crippen LogP contribution in [0.1, 0.15) is 26.3 Å². The second-order valence-corrected chi connectivity index (χ2v) is 8.02. The van der Waals surface area contributed by atoms with Gasteiger partial charge in [0.15, 0.2) is 0 Å². The van der Waals surface area contributed by atoms with Gasteiger partial charge in [-0.25, -0.2) is 8.42 Å². The van der Waals surface area contributed by atoms with Gasteiger partial charge in [-0.05, 0) is 50.1 Å². The Bertz CT molecular complexity index is 816. The van der Waals surface area contributed by atoms with Crippen molar-refractivity contribution >= 4 is 21.4 Å². The molecule has 2 aromatic carbocycles. The Hall–Kier alpha value is -2.01. The molecule has 0 saturated heterocycles. The molecule has 0 amide bonds. The van der Waals surface area contributed by atoms with Crippen molar-refractivity contribution in [3.8, 4) is 0 Å². The van der Waals surface area contributed by atoms with Gasteiger partial charge in [-0.15, -0.1) is 0 Å². The van der Waals surface area contributed by atoms with Crippen LogP contribution in [0, 0.1) is 0 Å². The molecule has 0 radical (unpaired) electrons. The van der Waals surface area contributed by atoms with E-state index in [1.165, 1.54) is 0 Å². The molecule has 128 valence electrons. The summed E-state index contributed by atoms with van der Waals surface area (Å²) in [4.78, 5) is 2.60. The van der Waals surface area contributed by atoms with Gasteiger partial charge in [0, 0.05) is 12.6 Å². The van der Waals surface area contributed by atoms with Crippen LogP contribution in [-0.4, -0.2) is 27.5 Å². The summed E-state index contributed by atoms with van der Waals surface area (Å²) in [5.74, 6) is 0. The predicted molar refractivity (Wildman–Crippen MR) is 99.3 cm³/mol. The van der Waals surface area contributed by atoms with Crippen molar-refractivity contribution in [2.24, 2.45) is 0 Å². The normalized spacial score (nSPS) is 17.7. The SMILES string of the molecule is CCc1ccc(S(=O)(=O)N2CC(C)N(CC)c3ccccc32)cc1. The lowest BCUT2D eigenvalue weighted by Gasteiger charge is -2.42. The van der Waals surface area contributed by atoms with E-state index >= 15 is 0 Å². The first-order valence-corrected chi connectivity index (χ1v) is 9.90. The van der Waals surface area contributed by atoms with Gasteiger partial charge in [0.05, 0.1) is 22.8 Å². The highest BCUT2D eigenvalue weighted by Crippen LogP contribution is 2.38. The summed E-state index contributed by atoms with van der Waals surface area (Å²) in [7, 11) is -3.56. The van der Waals surface area contributed by atoms with Crippen molar-refractivity contribution in [1.29, 1.82) is 0 Å². The molecule has 3 rings (SSSR count). The summed E-state index contributed by atoms with van der Waals surface area (Å²) in [5.41, 5.74) is 2.88. The zero-order valence-electron chi connectivity index (χ0n) is 14.4. The zero-order chi connectivity index (χ0) is 17.3. The summed E-state index contributed by atoms with van der Waals surface area (Å²) < 4.78 is 28.0. The van der Waals surface area contributed by atoms with E-state index in [0.29, 0.717) is 11.4 Å². The highest BCUT2D eigenvalue weighted by molar-refractivity contribution is 7.92. The first-order valence-electron chi connectivity index (χ1n) is 8.46. The van der Waals surface area contributed by atoms with E-state index in [9.17, 15) is 8.42 Å². The van der Waals surface area contributed by atoms with Crippen LogP contribution in [0.3, 0.4) is 0 Å². The quantitative estimate of drug-likeness (QED) is 0.850. The average molecular weight is 344 g/mol. The number of hydrogen-bond donors (Lipinski definition) is 0. The minimum atomic E-state index is -3.56. The largest absolute Gasteiger partial charge is 0.366 e. The molecule has 0 spiro atoms. The number of aryl methyl sites for hydroxylation is 1. The molecule has 2 aromatic rings. The second-order valence-electron chi connectivity index (χ2n) is 6.16. The number of para-hydroxylation sites is 2. The predicted octanol–water partition coefficient (Wildman–Crippen LogP) is 3.67. The number of hydrogen-bond acceptors (Lipinski definition) is 3. The van der Waals surface area contributed by atoms with Crippen molar-refractivity contribution in [3.05, 3.63) is 54.1 Å². The molecule has 24 heavy (non-hydrogen) atoms. The molecule has 0 aliphatic carbocycles. The lowest BCUT2D eigenvalue weighted by molar-refractivity contribution is 0.574. The molecule has 1 aliphatic heterocycles. The first-order chi connectivity index (χ1) is 11.5. The summed E-state index contributed by atoms with van der Waals surface area (Å²) >= 11 is 0. The fraction of sp³-hybridized carbons (Fsp3) is 0.368. The van der Waals surface area contributed by atoms with Crippen molar-refractivity contribution in [3.63, 3.8) is 0 Å². The van der Waals surface area contributed by atoms with Crippen molar-refractivity contribution < 1.29 is 8.42 Å². The molecule has 1 heterocycles. The highest BCUT2D eigenvalue weighted by Gasteiger charge is 2.34. The van der Waals surface area contributed by atoms with E-state index in [1.807, 2.05) is 36.4 Å². The lowest BCUT2D eigenvalue weighted by Crippen LogP contribution is -2.49. The number of anilines is 2. The third-order valence-corrected chi connectivity index (χ3v) is 6.48. The molecule has 1 aliphatic rings. The topological polar surface area (TPSA) is 40.6 Å². The number of benzene rings is 2. The highest BCUT2D eigenvalue weighted by atomic mass is 32.2. The summed E-state index contributed by atoms with van der Waals surface area (Å²) in [6, 6.07) is 15.1. The van der Waals surface area contributed by atoms with Crippen LogP contribution < -0.4 is 9.21 Å². The first kappa shape index (κ1) is 16.8. The summed E-state index contributed by atoms with van der Waals surface area (Å²) in [5, 5.41) is 0. The Morgan fingerprint density at radius 2 is 1.62 bits per heavy atom. The minimum Gasteiger partial charge on any atom is -0.366 e. The van der Waals surface area contributed by atoms with Gasteiger partial charge in [-0.3, -0.25) is 4.31 Å². The van der Waals surface area contributed by atoms with Crippen LogP contribution in [-0.2, 0) is 16.4 Å². The number of nitrogens with zero attached hydrogens (tertiary/aromatic N) is 2. The molecule has 4 nitrogen and oxygen atoms in total. The van der Waals surface area contributed by atoms with Crippen LogP contribution >= 0.6 is 0 Å². The van der Waals surface area contributed by atoms with E-state index in [2.05, 4.69) is 25.7 Å². The Morgan fingerprint density at radius 3 is 2.21 bits per heavy atom. The molecule has 0 aromatic heterocycles. The van der Waals surface area contributed by atoms with Crippen molar-refractivity contribution in [2.45, 2.75) is 38.1 Å². The maximum Gasteiger partial charge on any atom is 0.264 e. The van der Waals surface area contributed by atoms with Gasteiger partial charge >= 0.3 is 0 Å². The second kappa shape index (κ2) is 6.48. The maximum atomic E-state index is 13.2.